The number of nitrogens with zero attached hydrogens (tertiary/aromatic N) is 4. The highest BCUT2D eigenvalue weighted by Gasteiger charge is 2.32. The molecule has 1 fully saturated rings. The Morgan fingerprint density at radius 2 is 1.88 bits per heavy atom. The molecule has 0 aliphatic carbocycles. The number of fused-ring (bicyclic) bond motifs is 1. The van der Waals surface area contributed by atoms with Gasteiger partial charge < -0.3 is 15.4 Å². The number of anilines is 2. The number of nitrogens with two attached hydrogens (primary N) is 1. The summed E-state index contributed by atoms with van der Waals surface area (Å²) in [5, 5.41) is 0. The highest BCUT2D eigenvalue weighted by molar-refractivity contribution is 6.01. The Kier molecular flexibility index (Phi) is 6.29. The van der Waals surface area contributed by atoms with Crippen molar-refractivity contribution in [1.82, 2.24) is 14.9 Å². The van der Waals surface area contributed by atoms with Gasteiger partial charge in [-0.25, -0.2) is 0 Å². The number of hydrogen-bond donors (Lipinski definition) is 1. The summed E-state index contributed by atoms with van der Waals surface area (Å²) in [4.78, 5) is 25.4. The Hall–Kier alpha value is -1.89. The quantitative estimate of drug-likeness (QED) is 0.716. The average Bonchev–Trinajstić information content (AvgIpc) is 2.96. The van der Waals surface area contributed by atoms with Crippen molar-refractivity contribution in [1.29, 1.82) is 0 Å². The number of likely N-dealkylation sites (tertiary alicyclic amines) is 1. The van der Waals surface area contributed by atoms with Crippen molar-refractivity contribution in [2.24, 2.45) is 0 Å². The molecular formula is C19H31N5O2. The van der Waals surface area contributed by atoms with Crippen molar-refractivity contribution in [3.05, 3.63) is 5.56 Å². The molecule has 3 rings (SSSR count). The number of nitrogen functional groups attached to an aromatic ring is 1. The van der Waals surface area contributed by atoms with Gasteiger partial charge in [0.25, 0.3) is 0 Å². The molecule has 0 bridgehead atoms. The molecule has 2 N–H and O–H groups in total. The van der Waals surface area contributed by atoms with E-state index in [1.165, 1.54) is 32.4 Å². The van der Waals surface area contributed by atoms with E-state index in [0.717, 1.165) is 31.4 Å². The molecule has 0 aromatic carbocycles. The number of rotatable bonds is 8. The van der Waals surface area contributed by atoms with Gasteiger partial charge in [0, 0.05) is 12.1 Å². The number of ether oxygens (including phenoxy) is 1. The molecule has 7 nitrogen and oxygen atoms in total. The molecule has 144 valence electrons. The topological polar surface area (TPSA) is 84.6 Å². The maximum Gasteiger partial charge on any atom is 0.320 e. The lowest BCUT2D eigenvalue weighted by molar-refractivity contribution is -0.117. The number of aromatic nitrogens is 2. The molecule has 1 amide bonds. The zero-order chi connectivity index (χ0) is 18.5. The SMILES string of the molecule is CC[C@H](C)Oc1nc(N)c2c(n1)N(CCCCN1CCCCC1)C(=O)C2. The van der Waals surface area contributed by atoms with Gasteiger partial charge in [0.15, 0.2) is 0 Å². The van der Waals surface area contributed by atoms with Crippen LogP contribution in [0.5, 0.6) is 6.01 Å². The lowest BCUT2D eigenvalue weighted by Gasteiger charge is -2.26. The maximum absolute atomic E-state index is 12.4. The Morgan fingerprint density at radius 1 is 1.15 bits per heavy atom. The van der Waals surface area contributed by atoms with Crippen molar-refractivity contribution in [2.75, 3.05) is 36.8 Å². The molecule has 0 unspecified atom stereocenters. The first kappa shape index (κ1) is 18.9. The fourth-order valence-electron chi connectivity index (χ4n) is 3.56. The van der Waals surface area contributed by atoms with E-state index in [9.17, 15) is 4.79 Å². The zero-order valence-electron chi connectivity index (χ0n) is 16.0. The highest BCUT2D eigenvalue weighted by Crippen LogP contribution is 2.32. The number of amides is 1. The van der Waals surface area contributed by atoms with Gasteiger partial charge in [-0.15, -0.1) is 0 Å². The van der Waals surface area contributed by atoms with Crippen LogP contribution in [-0.4, -0.2) is 53.1 Å². The van der Waals surface area contributed by atoms with E-state index in [4.69, 9.17) is 10.5 Å². The smallest absolute Gasteiger partial charge is 0.320 e. The van der Waals surface area contributed by atoms with Crippen LogP contribution in [0.15, 0.2) is 0 Å². The van der Waals surface area contributed by atoms with Crippen LogP contribution >= 0.6 is 0 Å². The Bertz CT molecular complexity index is 631. The van der Waals surface area contributed by atoms with Gasteiger partial charge in [-0.2, -0.15) is 9.97 Å². The van der Waals surface area contributed by atoms with Crippen LogP contribution in [0.2, 0.25) is 0 Å². The predicted molar refractivity (Wildman–Crippen MR) is 102 cm³/mol. The standard InChI is InChI=1S/C19H31N5O2/c1-3-14(2)26-19-21-17(20)15-13-16(25)24(18(15)22-19)12-8-7-11-23-9-5-4-6-10-23/h14H,3-13H2,1-2H3,(H2,20,21,22)/t14-/m0/s1. The summed E-state index contributed by atoms with van der Waals surface area (Å²) < 4.78 is 5.71. The third-order valence-electron chi connectivity index (χ3n) is 5.32. The molecule has 2 aliphatic rings. The zero-order valence-corrected chi connectivity index (χ0v) is 16.0. The minimum absolute atomic E-state index is 0.0162. The van der Waals surface area contributed by atoms with Crippen molar-refractivity contribution >= 4 is 17.5 Å². The molecule has 1 saturated heterocycles. The first-order valence-electron chi connectivity index (χ1n) is 9.94. The molecule has 0 saturated carbocycles. The van der Waals surface area contributed by atoms with Gasteiger partial charge >= 0.3 is 6.01 Å². The van der Waals surface area contributed by atoms with Crippen molar-refractivity contribution in [3.8, 4) is 6.01 Å². The van der Waals surface area contributed by atoms with Crippen LogP contribution in [0.25, 0.3) is 0 Å². The maximum atomic E-state index is 12.4. The normalized spacial score (nSPS) is 18.8. The molecule has 7 heteroatoms. The first-order valence-corrected chi connectivity index (χ1v) is 9.94. The highest BCUT2D eigenvalue weighted by atomic mass is 16.5. The number of unbranched alkanes of at least 4 members (excludes halogenated alkanes) is 1. The Labute approximate surface area is 155 Å². The van der Waals surface area contributed by atoms with Gasteiger partial charge in [-0.05, 0) is 58.7 Å². The van der Waals surface area contributed by atoms with E-state index in [-0.39, 0.29) is 24.4 Å². The number of carbonyl (C=O) groups excluding carboxylic acids is 1. The van der Waals surface area contributed by atoms with Crippen LogP contribution in [0.3, 0.4) is 0 Å². The summed E-state index contributed by atoms with van der Waals surface area (Å²) in [5.41, 5.74) is 6.79. The van der Waals surface area contributed by atoms with Crippen LogP contribution < -0.4 is 15.4 Å². The predicted octanol–water partition coefficient (Wildman–Crippen LogP) is 2.39. The monoisotopic (exact) mass is 361 g/mol. The van der Waals surface area contributed by atoms with Crippen LogP contribution in [0.4, 0.5) is 11.6 Å². The molecule has 1 aromatic heterocycles. The van der Waals surface area contributed by atoms with E-state index in [0.29, 0.717) is 18.2 Å². The average molecular weight is 361 g/mol. The molecule has 3 heterocycles. The van der Waals surface area contributed by atoms with E-state index in [1.807, 2.05) is 13.8 Å². The van der Waals surface area contributed by atoms with Gasteiger partial charge in [0.1, 0.15) is 11.6 Å². The third kappa shape index (κ3) is 4.44. The summed E-state index contributed by atoms with van der Waals surface area (Å²) >= 11 is 0. The lowest BCUT2D eigenvalue weighted by Crippen LogP contribution is -2.32. The van der Waals surface area contributed by atoms with Crippen molar-refractivity contribution in [2.45, 2.75) is 64.9 Å². The molecule has 0 spiro atoms. The summed E-state index contributed by atoms with van der Waals surface area (Å²) in [6.07, 6.45) is 7.21. The third-order valence-corrected chi connectivity index (χ3v) is 5.32. The van der Waals surface area contributed by atoms with Gasteiger partial charge in [0.2, 0.25) is 5.91 Å². The first-order chi connectivity index (χ1) is 12.6. The second kappa shape index (κ2) is 8.66. The Balaban J connectivity index is 1.59. The molecule has 26 heavy (non-hydrogen) atoms. The molecule has 1 aromatic rings. The van der Waals surface area contributed by atoms with Gasteiger partial charge in [-0.1, -0.05) is 13.3 Å². The molecular weight excluding hydrogens is 330 g/mol. The second-order valence-electron chi connectivity index (χ2n) is 7.36. The van der Waals surface area contributed by atoms with Crippen LogP contribution in [-0.2, 0) is 11.2 Å². The van der Waals surface area contributed by atoms with Crippen molar-refractivity contribution in [3.63, 3.8) is 0 Å². The fraction of sp³-hybridized carbons (Fsp3) is 0.737. The second-order valence-corrected chi connectivity index (χ2v) is 7.36. The minimum atomic E-state index is 0.0162. The number of piperidine rings is 1. The molecule has 1 atom stereocenters. The fourth-order valence-corrected chi connectivity index (χ4v) is 3.56. The van der Waals surface area contributed by atoms with E-state index >= 15 is 0 Å². The van der Waals surface area contributed by atoms with E-state index in [2.05, 4.69) is 14.9 Å². The number of carbonyl (C=O) groups is 1. The van der Waals surface area contributed by atoms with Gasteiger partial charge in [-0.3, -0.25) is 9.69 Å². The van der Waals surface area contributed by atoms with Crippen molar-refractivity contribution < 1.29 is 9.53 Å². The summed E-state index contributed by atoms with van der Waals surface area (Å²) in [6, 6.07) is 0.267. The van der Waals surface area contributed by atoms with Gasteiger partial charge in [0.05, 0.1) is 12.5 Å². The summed E-state index contributed by atoms with van der Waals surface area (Å²) in [5.74, 6) is 1.05. The lowest BCUT2D eigenvalue weighted by atomic mass is 10.1. The van der Waals surface area contributed by atoms with Crippen LogP contribution in [0.1, 0.15) is 57.9 Å². The van der Waals surface area contributed by atoms with E-state index in [1.54, 1.807) is 4.90 Å². The summed E-state index contributed by atoms with van der Waals surface area (Å²) in [6.45, 7) is 8.23. The number of hydrogen-bond acceptors (Lipinski definition) is 6. The minimum Gasteiger partial charge on any atom is -0.460 e. The Morgan fingerprint density at radius 3 is 2.62 bits per heavy atom. The molecule has 0 radical (unpaired) electrons. The largest absolute Gasteiger partial charge is 0.460 e. The van der Waals surface area contributed by atoms with E-state index < -0.39 is 0 Å². The van der Waals surface area contributed by atoms with Crippen LogP contribution in [0, 0.1) is 0 Å². The molecule has 2 aliphatic heterocycles. The summed E-state index contributed by atoms with van der Waals surface area (Å²) in [7, 11) is 0.